The first-order valence-electron chi connectivity index (χ1n) is 10.6. The van der Waals surface area contributed by atoms with E-state index in [1.165, 1.54) is 16.9 Å². The van der Waals surface area contributed by atoms with E-state index in [-0.39, 0.29) is 30.4 Å². The number of amides is 1. The lowest BCUT2D eigenvalue weighted by atomic mass is 10.3. The van der Waals surface area contributed by atoms with E-state index in [0.29, 0.717) is 22.9 Å². The number of ether oxygens (including phenoxy) is 3. The quantitative estimate of drug-likeness (QED) is 0.366. The normalized spacial score (nSPS) is 10.5. The van der Waals surface area contributed by atoms with Gasteiger partial charge in [-0.2, -0.15) is 5.10 Å². The Morgan fingerprint density at radius 2 is 1.74 bits per heavy atom. The van der Waals surface area contributed by atoms with Gasteiger partial charge in [-0.3, -0.25) is 4.79 Å². The van der Waals surface area contributed by atoms with E-state index < -0.39 is 11.9 Å². The number of hydrogen-bond acceptors (Lipinski definition) is 7. The van der Waals surface area contributed by atoms with Crippen LogP contribution in [-0.2, 0) is 11.3 Å². The summed E-state index contributed by atoms with van der Waals surface area (Å²) in [6, 6.07) is 19.5. The van der Waals surface area contributed by atoms with E-state index in [1.807, 2.05) is 30.3 Å². The summed E-state index contributed by atoms with van der Waals surface area (Å²) in [4.78, 5) is 25.4. The third-order valence-corrected chi connectivity index (χ3v) is 4.82. The fourth-order valence-electron chi connectivity index (χ4n) is 3.23. The van der Waals surface area contributed by atoms with Crippen LogP contribution in [0.5, 0.6) is 11.5 Å². The predicted molar refractivity (Wildman–Crippen MR) is 124 cm³/mol. The van der Waals surface area contributed by atoms with Gasteiger partial charge in [-0.25, -0.2) is 9.48 Å². The van der Waals surface area contributed by atoms with Crippen molar-refractivity contribution < 1.29 is 28.2 Å². The van der Waals surface area contributed by atoms with Crippen molar-refractivity contribution in [3.63, 3.8) is 0 Å². The van der Waals surface area contributed by atoms with Gasteiger partial charge in [-0.15, -0.1) is 0 Å². The molecule has 0 bridgehead atoms. The summed E-state index contributed by atoms with van der Waals surface area (Å²) in [5.41, 5.74) is 0.795. The largest absolute Gasteiger partial charge is 0.493 e. The molecule has 2 aromatic heterocycles. The van der Waals surface area contributed by atoms with Crippen LogP contribution >= 0.6 is 0 Å². The molecule has 0 radical (unpaired) electrons. The van der Waals surface area contributed by atoms with E-state index >= 15 is 0 Å². The molecule has 0 aliphatic carbocycles. The Balaban J connectivity index is 1.53. The van der Waals surface area contributed by atoms with Crippen molar-refractivity contribution in [1.29, 1.82) is 0 Å². The average Bonchev–Trinajstić information content (AvgIpc) is 3.51. The lowest BCUT2D eigenvalue weighted by Crippen LogP contribution is -2.17. The van der Waals surface area contributed by atoms with Crippen molar-refractivity contribution in [3.05, 3.63) is 90.0 Å². The molecule has 4 aromatic rings. The van der Waals surface area contributed by atoms with Crippen LogP contribution in [0.1, 0.15) is 33.6 Å². The predicted octanol–water partition coefficient (Wildman–Crippen LogP) is 4.48. The van der Waals surface area contributed by atoms with Gasteiger partial charge in [-0.1, -0.05) is 30.3 Å². The number of benzene rings is 2. The Morgan fingerprint density at radius 3 is 2.47 bits per heavy atom. The topological polar surface area (TPSA) is 105 Å². The zero-order chi connectivity index (χ0) is 23.9. The molecule has 2 aromatic carbocycles. The van der Waals surface area contributed by atoms with Crippen molar-refractivity contribution in [2.45, 2.75) is 13.5 Å². The zero-order valence-corrected chi connectivity index (χ0v) is 18.7. The van der Waals surface area contributed by atoms with Crippen LogP contribution in [0.25, 0.3) is 5.69 Å². The SMILES string of the molecule is CCOC(=O)c1cnn(-c2ccccc2)c1NC(=O)c1ccc(COc2ccccc2OC)o1. The summed E-state index contributed by atoms with van der Waals surface area (Å²) < 4.78 is 23.2. The molecule has 0 fully saturated rings. The Kier molecular flexibility index (Phi) is 6.92. The number of rotatable bonds is 9. The molecule has 1 amide bonds. The summed E-state index contributed by atoms with van der Waals surface area (Å²) in [6.45, 7) is 2.00. The van der Waals surface area contributed by atoms with Crippen LogP contribution in [0.4, 0.5) is 5.82 Å². The van der Waals surface area contributed by atoms with Gasteiger partial charge in [0.25, 0.3) is 5.91 Å². The first-order chi connectivity index (χ1) is 16.6. The minimum absolute atomic E-state index is 0.0502. The maximum atomic E-state index is 13.0. The summed E-state index contributed by atoms with van der Waals surface area (Å²) in [5.74, 6) is 0.674. The molecule has 0 aliphatic heterocycles. The Labute approximate surface area is 195 Å². The number of nitrogens with zero attached hydrogens (tertiary/aromatic N) is 2. The Morgan fingerprint density at radius 1 is 1.00 bits per heavy atom. The number of furan rings is 1. The molecule has 9 nitrogen and oxygen atoms in total. The molecular weight excluding hydrogens is 438 g/mol. The minimum atomic E-state index is -0.592. The zero-order valence-electron chi connectivity index (χ0n) is 18.7. The average molecular weight is 461 g/mol. The van der Waals surface area contributed by atoms with Gasteiger partial charge in [0, 0.05) is 0 Å². The van der Waals surface area contributed by atoms with Gasteiger partial charge in [0.2, 0.25) is 0 Å². The third kappa shape index (κ3) is 4.93. The van der Waals surface area contributed by atoms with Crippen molar-refractivity contribution >= 4 is 17.7 Å². The van der Waals surface area contributed by atoms with Gasteiger partial charge in [0.05, 0.1) is 25.6 Å². The lowest BCUT2D eigenvalue weighted by molar-refractivity contribution is 0.0527. The van der Waals surface area contributed by atoms with E-state index in [0.717, 1.165) is 0 Å². The van der Waals surface area contributed by atoms with Crippen molar-refractivity contribution in [2.75, 3.05) is 19.0 Å². The van der Waals surface area contributed by atoms with E-state index in [4.69, 9.17) is 18.6 Å². The van der Waals surface area contributed by atoms with Crippen LogP contribution in [0.3, 0.4) is 0 Å². The van der Waals surface area contributed by atoms with E-state index in [2.05, 4.69) is 10.4 Å². The van der Waals surface area contributed by atoms with E-state index in [1.54, 1.807) is 44.4 Å². The monoisotopic (exact) mass is 461 g/mol. The molecular formula is C25H23N3O6. The lowest BCUT2D eigenvalue weighted by Gasteiger charge is -2.10. The summed E-state index contributed by atoms with van der Waals surface area (Å²) in [6.07, 6.45) is 1.36. The third-order valence-electron chi connectivity index (χ3n) is 4.82. The van der Waals surface area contributed by atoms with Crippen molar-refractivity contribution in [1.82, 2.24) is 9.78 Å². The van der Waals surface area contributed by atoms with Crippen LogP contribution in [0.2, 0.25) is 0 Å². The maximum Gasteiger partial charge on any atom is 0.343 e. The maximum absolute atomic E-state index is 13.0. The molecule has 0 spiro atoms. The second-order valence-electron chi connectivity index (χ2n) is 7.03. The molecule has 2 heterocycles. The molecule has 0 atom stereocenters. The highest BCUT2D eigenvalue weighted by Crippen LogP contribution is 2.27. The number of anilines is 1. The second kappa shape index (κ2) is 10.4. The van der Waals surface area contributed by atoms with Crippen LogP contribution in [0, 0.1) is 0 Å². The first-order valence-corrected chi connectivity index (χ1v) is 10.6. The number of carbonyl (C=O) groups is 2. The molecule has 9 heteroatoms. The number of aromatic nitrogens is 2. The highest BCUT2D eigenvalue weighted by Gasteiger charge is 2.23. The summed E-state index contributed by atoms with van der Waals surface area (Å²) >= 11 is 0. The highest BCUT2D eigenvalue weighted by molar-refractivity contribution is 6.06. The molecule has 174 valence electrons. The van der Waals surface area contributed by atoms with Crippen LogP contribution in [0.15, 0.2) is 77.3 Å². The van der Waals surface area contributed by atoms with Crippen LogP contribution in [-0.4, -0.2) is 35.4 Å². The summed E-state index contributed by atoms with van der Waals surface area (Å²) in [5, 5.41) is 6.98. The summed E-state index contributed by atoms with van der Waals surface area (Å²) in [7, 11) is 1.56. The van der Waals surface area contributed by atoms with Crippen molar-refractivity contribution in [3.8, 4) is 17.2 Å². The van der Waals surface area contributed by atoms with Gasteiger partial charge in [-0.05, 0) is 43.3 Å². The number of hydrogen-bond donors (Lipinski definition) is 1. The van der Waals surface area contributed by atoms with Gasteiger partial charge in [0.15, 0.2) is 23.1 Å². The first kappa shape index (κ1) is 22.7. The molecule has 0 unspecified atom stereocenters. The fraction of sp³-hybridized carbons (Fsp3) is 0.160. The molecule has 0 aliphatic rings. The minimum Gasteiger partial charge on any atom is -0.493 e. The number of nitrogens with one attached hydrogen (secondary N) is 1. The van der Waals surface area contributed by atoms with Gasteiger partial charge < -0.3 is 23.9 Å². The second-order valence-corrected chi connectivity index (χ2v) is 7.03. The number of methoxy groups -OCH3 is 1. The smallest absolute Gasteiger partial charge is 0.343 e. The van der Waals surface area contributed by atoms with Crippen molar-refractivity contribution in [2.24, 2.45) is 0 Å². The highest BCUT2D eigenvalue weighted by atomic mass is 16.5. The Bertz CT molecular complexity index is 1280. The molecule has 0 saturated carbocycles. The van der Waals surface area contributed by atoms with Gasteiger partial charge in [0.1, 0.15) is 17.9 Å². The molecule has 4 rings (SSSR count). The fourth-order valence-corrected chi connectivity index (χ4v) is 3.23. The van der Waals surface area contributed by atoms with Crippen LogP contribution < -0.4 is 14.8 Å². The van der Waals surface area contributed by atoms with E-state index in [9.17, 15) is 9.59 Å². The standard InChI is InChI=1S/C25H23N3O6/c1-3-32-25(30)19-15-26-28(17-9-5-4-6-10-17)23(19)27-24(29)22-14-13-18(34-22)16-33-21-12-8-7-11-20(21)31-2/h4-15H,3,16H2,1-2H3,(H,27,29). The molecule has 1 N–H and O–H groups in total. The molecule has 0 saturated heterocycles. The molecule has 34 heavy (non-hydrogen) atoms. The number of para-hydroxylation sites is 3. The number of carbonyl (C=O) groups excluding carboxylic acids is 2. The number of esters is 1. The van der Waals surface area contributed by atoms with Gasteiger partial charge >= 0.3 is 5.97 Å². The Hall–Kier alpha value is -4.53.